The van der Waals surface area contributed by atoms with Gasteiger partial charge < -0.3 is 15.8 Å². The molecule has 3 heteroatoms. The topological polar surface area (TPSA) is 47.3 Å². The first-order chi connectivity index (χ1) is 9.33. The third-order valence-corrected chi connectivity index (χ3v) is 3.72. The van der Waals surface area contributed by atoms with Crippen LogP contribution in [0.1, 0.15) is 18.0 Å². The van der Waals surface area contributed by atoms with Gasteiger partial charge >= 0.3 is 0 Å². The van der Waals surface area contributed by atoms with E-state index in [0.29, 0.717) is 0 Å². The molecule has 0 aromatic heterocycles. The van der Waals surface area contributed by atoms with Crippen LogP contribution in [0.5, 0.6) is 0 Å². The predicted molar refractivity (Wildman–Crippen MR) is 78.1 cm³/mol. The maximum absolute atomic E-state index is 6.31. The van der Waals surface area contributed by atoms with Gasteiger partial charge in [0.2, 0.25) is 0 Å². The van der Waals surface area contributed by atoms with E-state index in [9.17, 15) is 0 Å². The molecule has 3 rings (SSSR count). The Hall–Kier alpha value is -1.42. The first-order valence-electron chi connectivity index (χ1n) is 6.89. The van der Waals surface area contributed by atoms with Crippen LogP contribution in [0.4, 0.5) is 0 Å². The lowest BCUT2D eigenvalue weighted by Crippen LogP contribution is -2.40. The fourth-order valence-electron chi connectivity index (χ4n) is 2.63. The van der Waals surface area contributed by atoms with Crippen LogP contribution in [-0.4, -0.2) is 25.8 Å². The largest absolute Gasteiger partial charge is 0.376 e. The Kier molecular flexibility index (Phi) is 3.78. The van der Waals surface area contributed by atoms with E-state index in [4.69, 9.17) is 10.5 Å². The van der Waals surface area contributed by atoms with Crippen LogP contribution in [0, 0.1) is 0 Å². The summed E-state index contributed by atoms with van der Waals surface area (Å²) in [4.78, 5) is 0. The fourth-order valence-corrected chi connectivity index (χ4v) is 2.63. The number of morpholine rings is 1. The van der Waals surface area contributed by atoms with Gasteiger partial charge in [0, 0.05) is 19.1 Å². The highest BCUT2D eigenvalue weighted by molar-refractivity contribution is 5.83. The molecule has 0 radical (unpaired) electrons. The van der Waals surface area contributed by atoms with Gasteiger partial charge in [0.1, 0.15) is 0 Å². The lowest BCUT2D eigenvalue weighted by molar-refractivity contribution is 0.0195. The maximum Gasteiger partial charge on any atom is 0.0718 e. The van der Waals surface area contributed by atoms with E-state index in [2.05, 4.69) is 47.8 Å². The van der Waals surface area contributed by atoms with Gasteiger partial charge in [-0.25, -0.2) is 0 Å². The maximum atomic E-state index is 6.31. The highest BCUT2D eigenvalue weighted by Crippen LogP contribution is 2.22. The molecule has 3 nitrogen and oxygen atoms in total. The Morgan fingerprint density at radius 1 is 1.21 bits per heavy atom. The SMILES string of the molecule is NC(CC1CNCCO1)c1ccc2ccccc2c1. The number of hydrogen-bond acceptors (Lipinski definition) is 3. The first-order valence-corrected chi connectivity index (χ1v) is 6.89. The molecule has 1 saturated heterocycles. The zero-order valence-electron chi connectivity index (χ0n) is 11.0. The number of hydrogen-bond donors (Lipinski definition) is 2. The zero-order chi connectivity index (χ0) is 13.1. The first kappa shape index (κ1) is 12.6. The van der Waals surface area contributed by atoms with E-state index < -0.39 is 0 Å². The van der Waals surface area contributed by atoms with E-state index in [1.54, 1.807) is 0 Å². The van der Waals surface area contributed by atoms with Crippen molar-refractivity contribution in [2.45, 2.75) is 18.6 Å². The minimum atomic E-state index is 0.0366. The van der Waals surface area contributed by atoms with Crippen molar-refractivity contribution in [3.05, 3.63) is 48.0 Å². The quantitative estimate of drug-likeness (QED) is 0.885. The van der Waals surface area contributed by atoms with Crippen molar-refractivity contribution >= 4 is 10.8 Å². The van der Waals surface area contributed by atoms with Crippen LogP contribution >= 0.6 is 0 Å². The molecule has 19 heavy (non-hydrogen) atoms. The van der Waals surface area contributed by atoms with Gasteiger partial charge in [-0.3, -0.25) is 0 Å². The van der Waals surface area contributed by atoms with E-state index in [-0.39, 0.29) is 12.1 Å². The number of nitrogens with one attached hydrogen (secondary N) is 1. The molecule has 2 aromatic carbocycles. The van der Waals surface area contributed by atoms with E-state index in [0.717, 1.165) is 26.1 Å². The van der Waals surface area contributed by atoms with E-state index >= 15 is 0 Å². The summed E-state index contributed by atoms with van der Waals surface area (Å²) in [6.07, 6.45) is 1.10. The number of rotatable bonds is 3. The van der Waals surface area contributed by atoms with Gasteiger partial charge in [0.05, 0.1) is 12.7 Å². The highest BCUT2D eigenvalue weighted by Gasteiger charge is 2.18. The standard InChI is InChI=1S/C16H20N2O/c17-16(10-15-11-18-7-8-19-15)14-6-5-12-3-1-2-4-13(12)9-14/h1-6,9,15-16,18H,7-8,10-11,17H2. The van der Waals surface area contributed by atoms with Crippen LogP contribution in [0.3, 0.4) is 0 Å². The van der Waals surface area contributed by atoms with E-state index in [1.165, 1.54) is 16.3 Å². The molecule has 0 bridgehead atoms. The molecular weight excluding hydrogens is 236 g/mol. The van der Waals surface area contributed by atoms with Crippen LogP contribution in [0.15, 0.2) is 42.5 Å². The number of nitrogens with two attached hydrogens (primary N) is 1. The molecule has 100 valence electrons. The van der Waals surface area contributed by atoms with Gasteiger partial charge in [0.15, 0.2) is 0 Å². The summed E-state index contributed by atoms with van der Waals surface area (Å²) in [5.74, 6) is 0. The van der Waals surface area contributed by atoms with E-state index in [1.807, 2.05) is 0 Å². The van der Waals surface area contributed by atoms with Crippen molar-refractivity contribution in [2.75, 3.05) is 19.7 Å². The second-order valence-corrected chi connectivity index (χ2v) is 5.15. The number of fused-ring (bicyclic) bond motifs is 1. The smallest absolute Gasteiger partial charge is 0.0718 e. The lowest BCUT2D eigenvalue weighted by atomic mass is 9.98. The molecule has 2 aromatic rings. The summed E-state index contributed by atoms with van der Waals surface area (Å²) >= 11 is 0. The van der Waals surface area contributed by atoms with Gasteiger partial charge in [-0.15, -0.1) is 0 Å². The molecule has 0 amide bonds. The van der Waals surface area contributed by atoms with Gasteiger partial charge in [-0.05, 0) is 28.8 Å². The van der Waals surface area contributed by atoms with Crippen LogP contribution < -0.4 is 11.1 Å². The van der Waals surface area contributed by atoms with Crippen molar-refractivity contribution in [3.63, 3.8) is 0 Å². The summed E-state index contributed by atoms with van der Waals surface area (Å²) in [5, 5.41) is 5.85. The monoisotopic (exact) mass is 256 g/mol. The Morgan fingerprint density at radius 3 is 2.84 bits per heavy atom. The summed E-state index contributed by atoms with van der Waals surface area (Å²) in [7, 11) is 0. The molecule has 0 aliphatic carbocycles. The van der Waals surface area contributed by atoms with Gasteiger partial charge in [-0.1, -0.05) is 36.4 Å². The number of ether oxygens (including phenoxy) is 1. The average molecular weight is 256 g/mol. The molecular formula is C16H20N2O. The normalized spacial score (nSPS) is 21.4. The minimum Gasteiger partial charge on any atom is -0.376 e. The van der Waals surface area contributed by atoms with Crippen LogP contribution in [-0.2, 0) is 4.74 Å². The van der Waals surface area contributed by atoms with Crippen LogP contribution in [0.2, 0.25) is 0 Å². The Labute approximate surface area is 113 Å². The van der Waals surface area contributed by atoms with Crippen molar-refractivity contribution in [2.24, 2.45) is 5.73 Å². The molecule has 1 aliphatic heterocycles. The molecule has 3 N–H and O–H groups in total. The van der Waals surface area contributed by atoms with Crippen molar-refractivity contribution in [1.82, 2.24) is 5.32 Å². The molecule has 2 unspecified atom stereocenters. The summed E-state index contributed by atoms with van der Waals surface area (Å²) in [6.45, 7) is 2.64. The molecule has 2 atom stereocenters. The summed E-state index contributed by atoms with van der Waals surface area (Å²) in [5.41, 5.74) is 7.50. The third kappa shape index (κ3) is 2.95. The second kappa shape index (κ2) is 5.70. The van der Waals surface area contributed by atoms with Crippen molar-refractivity contribution in [3.8, 4) is 0 Å². The molecule has 0 spiro atoms. The zero-order valence-corrected chi connectivity index (χ0v) is 11.0. The molecule has 0 saturated carbocycles. The minimum absolute atomic E-state index is 0.0366. The van der Waals surface area contributed by atoms with Crippen molar-refractivity contribution < 1.29 is 4.74 Å². The molecule has 1 aliphatic rings. The van der Waals surface area contributed by atoms with Crippen LogP contribution in [0.25, 0.3) is 10.8 Å². The van der Waals surface area contributed by atoms with Crippen molar-refractivity contribution in [1.29, 1.82) is 0 Å². The summed E-state index contributed by atoms with van der Waals surface area (Å²) in [6, 6.07) is 14.9. The number of benzene rings is 2. The highest BCUT2D eigenvalue weighted by atomic mass is 16.5. The lowest BCUT2D eigenvalue weighted by Gasteiger charge is -2.26. The predicted octanol–water partition coefficient (Wildman–Crippen LogP) is 2.22. The average Bonchev–Trinajstić information content (AvgIpc) is 2.48. The van der Waals surface area contributed by atoms with Gasteiger partial charge in [0.25, 0.3) is 0 Å². The Bertz CT molecular complexity index is 549. The molecule has 1 fully saturated rings. The Balaban J connectivity index is 1.75. The van der Waals surface area contributed by atoms with Gasteiger partial charge in [-0.2, -0.15) is 0 Å². The molecule has 1 heterocycles. The fraction of sp³-hybridized carbons (Fsp3) is 0.375. The third-order valence-electron chi connectivity index (χ3n) is 3.72. The summed E-state index contributed by atoms with van der Waals surface area (Å²) < 4.78 is 5.72. The second-order valence-electron chi connectivity index (χ2n) is 5.15. The Morgan fingerprint density at radius 2 is 2.05 bits per heavy atom.